The average Bonchev–Trinajstić information content (AvgIpc) is 2.97. The van der Waals surface area contributed by atoms with Gasteiger partial charge < -0.3 is 4.42 Å². The minimum absolute atomic E-state index is 0.0294. The zero-order valence-electron chi connectivity index (χ0n) is 10.7. The molecule has 0 aliphatic carbocycles. The number of amides is 1. The summed E-state index contributed by atoms with van der Waals surface area (Å²) in [6.45, 7) is 0. The van der Waals surface area contributed by atoms with Crippen LogP contribution in [0.3, 0.4) is 0 Å². The van der Waals surface area contributed by atoms with E-state index in [1.54, 1.807) is 36.4 Å². The van der Waals surface area contributed by atoms with Crippen LogP contribution in [0.4, 0.5) is 6.01 Å². The lowest BCUT2D eigenvalue weighted by Crippen LogP contribution is -2.11. The first-order valence-electron chi connectivity index (χ1n) is 6.03. The van der Waals surface area contributed by atoms with Crippen molar-refractivity contribution >= 4 is 23.5 Å². The zero-order valence-corrected chi connectivity index (χ0v) is 11.4. The highest BCUT2D eigenvalue weighted by molar-refractivity contribution is 6.30. The molecule has 0 spiro atoms. The molecule has 0 saturated carbocycles. The molecule has 6 nitrogen and oxygen atoms in total. The SMILES string of the molecule is O=C(Nc1nnc(-c2ccc(Cl)cc2)o1)c1ccncc1. The predicted molar refractivity (Wildman–Crippen MR) is 76.9 cm³/mol. The summed E-state index contributed by atoms with van der Waals surface area (Å²) >= 11 is 5.81. The van der Waals surface area contributed by atoms with Crippen molar-refractivity contribution < 1.29 is 9.21 Å². The lowest BCUT2D eigenvalue weighted by Gasteiger charge is -1.99. The van der Waals surface area contributed by atoms with Crippen LogP contribution in [0.25, 0.3) is 11.5 Å². The Kier molecular flexibility index (Phi) is 3.61. The fourth-order valence-corrected chi connectivity index (χ4v) is 1.78. The van der Waals surface area contributed by atoms with Gasteiger partial charge in [0.25, 0.3) is 5.91 Å². The predicted octanol–water partition coefficient (Wildman–Crippen LogP) is 3.04. The second kappa shape index (κ2) is 5.72. The van der Waals surface area contributed by atoms with Crippen LogP contribution in [0.1, 0.15) is 10.4 Å². The van der Waals surface area contributed by atoms with Crippen molar-refractivity contribution in [2.75, 3.05) is 5.32 Å². The van der Waals surface area contributed by atoms with Crippen LogP contribution in [-0.2, 0) is 0 Å². The molecule has 21 heavy (non-hydrogen) atoms. The molecule has 3 aromatic rings. The number of hydrogen-bond acceptors (Lipinski definition) is 5. The van der Waals surface area contributed by atoms with E-state index in [4.69, 9.17) is 16.0 Å². The van der Waals surface area contributed by atoms with Crippen LogP contribution in [0, 0.1) is 0 Å². The van der Waals surface area contributed by atoms with Crippen molar-refractivity contribution in [3.05, 3.63) is 59.4 Å². The second-order valence-corrected chi connectivity index (χ2v) is 4.55. The fraction of sp³-hybridized carbons (Fsp3) is 0. The lowest BCUT2D eigenvalue weighted by atomic mass is 10.2. The summed E-state index contributed by atoms with van der Waals surface area (Å²) in [5, 5.41) is 10.8. The molecule has 0 bridgehead atoms. The molecule has 1 amide bonds. The number of rotatable bonds is 3. The average molecular weight is 301 g/mol. The van der Waals surface area contributed by atoms with Gasteiger partial charge in [0.15, 0.2) is 0 Å². The van der Waals surface area contributed by atoms with Crippen LogP contribution in [0.15, 0.2) is 53.2 Å². The van der Waals surface area contributed by atoms with Gasteiger partial charge in [-0.05, 0) is 36.4 Å². The third-order valence-corrected chi connectivity index (χ3v) is 2.93. The molecule has 2 aromatic heterocycles. The first-order valence-corrected chi connectivity index (χ1v) is 6.41. The van der Waals surface area contributed by atoms with Crippen LogP contribution < -0.4 is 5.32 Å². The normalized spacial score (nSPS) is 10.3. The molecule has 0 atom stereocenters. The van der Waals surface area contributed by atoms with Gasteiger partial charge in [-0.2, -0.15) is 0 Å². The van der Waals surface area contributed by atoms with Crippen LogP contribution in [0.5, 0.6) is 0 Å². The Morgan fingerprint density at radius 3 is 2.48 bits per heavy atom. The number of nitrogens with zero attached hydrogens (tertiary/aromatic N) is 3. The summed E-state index contributed by atoms with van der Waals surface area (Å²) in [6.07, 6.45) is 3.06. The maximum absolute atomic E-state index is 11.9. The van der Waals surface area contributed by atoms with Crippen LogP contribution in [-0.4, -0.2) is 21.1 Å². The van der Waals surface area contributed by atoms with Crippen LogP contribution >= 0.6 is 11.6 Å². The van der Waals surface area contributed by atoms with E-state index < -0.39 is 0 Å². The Morgan fingerprint density at radius 2 is 1.76 bits per heavy atom. The smallest absolute Gasteiger partial charge is 0.322 e. The molecule has 1 aromatic carbocycles. The van der Waals surface area contributed by atoms with Gasteiger partial charge in [-0.15, -0.1) is 5.10 Å². The third-order valence-electron chi connectivity index (χ3n) is 2.68. The molecule has 0 saturated heterocycles. The second-order valence-electron chi connectivity index (χ2n) is 4.11. The number of pyridine rings is 1. The Balaban J connectivity index is 1.76. The van der Waals surface area contributed by atoms with E-state index in [9.17, 15) is 4.79 Å². The summed E-state index contributed by atoms with van der Waals surface area (Å²) in [7, 11) is 0. The number of hydrogen-bond donors (Lipinski definition) is 1. The molecule has 1 N–H and O–H groups in total. The summed E-state index contributed by atoms with van der Waals surface area (Å²) in [5.74, 6) is -0.0413. The van der Waals surface area contributed by atoms with Crippen molar-refractivity contribution in [1.82, 2.24) is 15.2 Å². The van der Waals surface area contributed by atoms with E-state index in [2.05, 4.69) is 20.5 Å². The quantitative estimate of drug-likeness (QED) is 0.804. The largest absolute Gasteiger partial charge is 0.403 e. The highest BCUT2D eigenvalue weighted by Gasteiger charge is 2.12. The van der Waals surface area contributed by atoms with E-state index in [1.165, 1.54) is 12.4 Å². The van der Waals surface area contributed by atoms with E-state index >= 15 is 0 Å². The number of aromatic nitrogens is 3. The van der Waals surface area contributed by atoms with Crippen molar-refractivity contribution in [3.8, 4) is 11.5 Å². The minimum atomic E-state index is -0.344. The maximum atomic E-state index is 11.9. The van der Waals surface area contributed by atoms with Gasteiger partial charge in [0.2, 0.25) is 5.89 Å². The lowest BCUT2D eigenvalue weighted by molar-refractivity contribution is 0.102. The number of halogens is 1. The number of carbonyl (C=O) groups excluding carboxylic acids is 1. The first kappa shape index (κ1) is 13.3. The molecule has 3 rings (SSSR count). The summed E-state index contributed by atoms with van der Waals surface area (Å²) in [5.41, 5.74) is 1.17. The fourth-order valence-electron chi connectivity index (χ4n) is 1.66. The van der Waals surface area contributed by atoms with Gasteiger partial charge in [0.05, 0.1) is 0 Å². The molecule has 2 heterocycles. The molecular weight excluding hydrogens is 292 g/mol. The molecule has 7 heteroatoms. The topological polar surface area (TPSA) is 80.9 Å². The number of anilines is 1. The van der Waals surface area contributed by atoms with Gasteiger partial charge >= 0.3 is 6.01 Å². The van der Waals surface area contributed by atoms with Crippen molar-refractivity contribution in [2.45, 2.75) is 0 Å². The summed E-state index contributed by atoms with van der Waals surface area (Å²) in [4.78, 5) is 15.8. The van der Waals surface area contributed by atoms with Gasteiger partial charge in [-0.25, -0.2) is 0 Å². The Labute approximate surface area is 124 Å². The molecule has 0 aliphatic heterocycles. The number of benzene rings is 1. The molecule has 0 radical (unpaired) electrons. The van der Waals surface area contributed by atoms with Gasteiger partial charge in [-0.1, -0.05) is 16.7 Å². The minimum Gasteiger partial charge on any atom is -0.403 e. The van der Waals surface area contributed by atoms with E-state index in [0.29, 0.717) is 16.5 Å². The molecule has 0 aliphatic rings. The van der Waals surface area contributed by atoms with Crippen molar-refractivity contribution in [3.63, 3.8) is 0 Å². The molecule has 0 fully saturated rings. The monoisotopic (exact) mass is 300 g/mol. The third kappa shape index (κ3) is 3.06. The van der Waals surface area contributed by atoms with Crippen molar-refractivity contribution in [2.24, 2.45) is 0 Å². The summed E-state index contributed by atoms with van der Waals surface area (Å²) in [6, 6.07) is 10.2. The van der Waals surface area contributed by atoms with E-state index in [1.807, 2.05) is 0 Å². The van der Waals surface area contributed by atoms with Gasteiger partial charge in [0.1, 0.15) is 0 Å². The zero-order chi connectivity index (χ0) is 14.7. The first-order chi connectivity index (χ1) is 10.2. The number of carbonyl (C=O) groups is 1. The highest BCUT2D eigenvalue weighted by Crippen LogP contribution is 2.21. The number of nitrogens with one attached hydrogen (secondary N) is 1. The molecule has 0 unspecified atom stereocenters. The molecular formula is C14H9ClN4O2. The Hall–Kier alpha value is -2.73. The highest BCUT2D eigenvalue weighted by atomic mass is 35.5. The van der Waals surface area contributed by atoms with E-state index in [0.717, 1.165) is 5.56 Å². The van der Waals surface area contributed by atoms with Crippen molar-refractivity contribution in [1.29, 1.82) is 0 Å². The standard InChI is InChI=1S/C14H9ClN4O2/c15-11-3-1-10(2-4-11)13-18-19-14(21-13)17-12(20)9-5-7-16-8-6-9/h1-8H,(H,17,19,20). The molecule has 104 valence electrons. The van der Waals surface area contributed by atoms with E-state index in [-0.39, 0.29) is 11.9 Å². The summed E-state index contributed by atoms with van der Waals surface area (Å²) < 4.78 is 5.39. The Morgan fingerprint density at radius 1 is 1.05 bits per heavy atom. The maximum Gasteiger partial charge on any atom is 0.322 e. The van der Waals surface area contributed by atoms with Crippen LogP contribution in [0.2, 0.25) is 5.02 Å². The van der Waals surface area contributed by atoms with Gasteiger partial charge in [0, 0.05) is 28.5 Å². The Bertz CT molecular complexity index is 756. The van der Waals surface area contributed by atoms with Gasteiger partial charge in [-0.3, -0.25) is 15.1 Å².